The van der Waals surface area contributed by atoms with E-state index in [1.807, 2.05) is 25.1 Å². The van der Waals surface area contributed by atoms with Crippen LogP contribution >= 0.6 is 0 Å². The van der Waals surface area contributed by atoms with Gasteiger partial charge < -0.3 is 14.5 Å². The molecule has 10 heteroatoms. The summed E-state index contributed by atoms with van der Waals surface area (Å²) in [6.07, 6.45) is 5.31. The molecule has 216 valence electrons. The van der Waals surface area contributed by atoms with E-state index in [1.54, 1.807) is 16.7 Å². The number of benzene rings is 1. The maximum absolute atomic E-state index is 12.5. The maximum Gasteiger partial charge on any atom is 0.230 e. The fourth-order valence-corrected chi connectivity index (χ4v) is 7.93. The van der Waals surface area contributed by atoms with E-state index in [1.165, 1.54) is 5.56 Å². The molecule has 1 N–H and O–H groups in total. The number of aliphatic hydroxyl groups is 1. The highest BCUT2D eigenvalue weighted by Gasteiger charge is 2.55. The monoisotopic (exact) mass is 567 g/mol. The average molecular weight is 568 g/mol. The fraction of sp³-hybridized carbons (Fsp3) is 0.567. The number of nitrogens with zero attached hydrogens (tertiary/aromatic N) is 5. The van der Waals surface area contributed by atoms with E-state index < -0.39 is 21.0 Å². The Morgan fingerprint density at radius 3 is 2.40 bits per heavy atom. The molecule has 0 unspecified atom stereocenters. The van der Waals surface area contributed by atoms with Crippen molar-refractivity contribution in [2.75, 3.05) is 39.0 Å². The molecule has 4 heterocycles. The summed E-state index contributed by atoms with van der Waals surface area (Å²) in [6, 6.07) is 10.2. The quantitative estimate of drug-likeness (QED) is 0.406. The number of pyridine rings is 1. The molecule has 1 atom stereocenters. The average Bonchev–Trinajstić information content (AvgIpc) is 3.42. The molecule has 2 aliphatic heterocycles. The largest absolute Gasteiger partial charge is 0.380 e. The summed E-state index contributed by atoms with van der Waals surface area (Å²) in [5.74, 6) is 1.51. The summed E-state index contributed by atoms with van der Waals surface area (Å²) in [7, 11) is -1.15. The second-order valence-corrected chi connectivity index (χ2v) is 14.2. The number of aromatic nitrogens is 3. The number of rotatable bonds is 9. The van der Waals surface area contributed by atoms with E-state index in [0.717, 1.165) is 18.7 Å². The van der Waals surface area contributed by atoms with Crippen LogP contribution in [-0.2, 0) is 15.6 Å². The summed E-state index contributed by atoms with van der Waals surface area (Å²) in [5, 5.41) is 16.8. The summed E-state index contributed by atoms with van der Waals surface area (Å²) >= 11 is 0. The van der Waals surface area contributed by atoms with Crippen molar-refractivity contribution >= 4 is 10.0 Å². The number of hydrogen-bond acceptors (Lipinski definition) is 8. The van der Waals surface area contributed by atoms with Gasteiger partial charge in [-0.15, -0.1) is 0 Å². The van der Waals surface area contributed by atoms with E-state index in [-0.39, 0.29) is 11.7 Å². The number of piperidine rings is 1. The van der Waals surface area contributed by atoms with Gasteiger partial charge in [-0.2, -0.15) is 4.98 Å². The lowest BCUT2D eigenvalue weighted by Crippen LogP contribution is -2.63. The van der Waals surface area contributed by atoms with Crippen LogP contribution in [0.2, 0.25) is 0 Å². The first kappa shape index (κ1) is 28.9. The van der Waals surface area contributed by atoms with Crippen molar-refractivity contribution in [3.8, 4) is 11.4 Å². The van der Waals surface area contributed by atoms with Crippen molar-refractivity contribution in [2.24, 2.45) is 5.41 Å². The van der Waals surface area contributed by atoms with Gasteiger partial charge in [0, 0.05) is 61.0 Å². The van der Waals surface area contributed by atoms with Gasteiger partial charge in [0.1, 0.15) is 5.60 Å². The van der Waals surface area contributed by atoms with Crippen LogP contribution in [0, 0.1) is 5.41 Å². The molecule has 2 aromatic heterocycles. The van der Waals surface area contributed by atoms with E-state index in [0.29, 0.717) is 61.1 Å². The van der Waals surface area contributed by atoms with E-state index in [9.17, 15) is 13.5 Å². The zero-order chi connectivity index (χ0) is 28.7. The first-order valence-corrected chi connectivity index (χ1v) is 15.9. The molecule has 0 spiro atoms. The molecule has 2 saturated heterocycles. The van der Waals surface area contributed by atoms with E-state index in [2.05, 4.69) is 60.0 Å². The molecular weight excluding hydrogens is 526 g/mol. The molecule has 9 nitrogen and oxygen atoms in total. The zero-order valence-corrected chi connectivity index (χ0v) is 25.0. The minimum atomic E-state index is -3.21. The van der Waals surface area contributed by atoms with Crippen molar-refractivity contribution < 1.29 is 18.0 Å². The second kappa shape index (κ2) is 11.0. The summed E-state index contributed by atoms with van der Waals surface area (Å²) in [6.45, 7) is 10.7. The van der Waals surface area contributed by atoms with Crippen molar-refractivity contribution in [1.29, 1.82) is 0 Å². The van der Waals surface area contributed by atoms with Gasteiger partial charge >= 0.3 is 0 Å². The maximum atomic E-state index is 12.5. The van der Waals surface area contributed by atoms with Crippen LogP contribution < -0.4 is 0 Å². The molecule has 0 radical (unpaired) electrons. The van der Waals surface area contributed by atoms with Crippen molar-refractivity contribution in [3.63, 3.8) is 0 Å². The highest BCUT2D eigenvalue weighted by molar-refractivity contribution is 7.89. The van der Waals surface area contributed by atoms with Crippen LogP contribution in [0.1, 0.15) is 81.4 Å². The normalized spacial score (nSPS) is 20.4. The highest BCUT2D eigenvalue weighted by Crippen LogP contribution is 2.50. The lowest BCUT2D eigenvalue weighted by atomic mass is 9.62. The molecule has 0 amide bonds. The van der Waals surface area contributed by atoms with Gasteiger partial charge in [-0.25, -0.2) is 12.7 Å². The second-order valence-electron chi connectivity index (χ2n) is 12.1. The molecular formula is C30H41N5O4S. The highest BCUT2D eigenvalue weighted by atomic mass is 32.2. The van der Waals surface area contributed by atoms with Crippen LogP contribution in [0.25, 0.3) is 11.4 Å². The van der Waals surface area contributed by atoms with Crippen LogP contribution in [0.5, 0.6) is 0 Å². The third kappa shape index (κ3) is 5.22. The van der Waals surface area contributed by atoms with Gasteiger partial charge in [0.2, 0.25) is 21.7 Å². The Hall–Kier alpha value is -2.66. The predicted molar refractivity (Wildman–Crippen MR) is 154 cm³/mol. The van der Waals surface area contributed by atoms with Crippen LogP contribution in [0.3, 0.4) is 0 Å². The summed E-state index contributed by atoms with van der Waals surface area (Å²) < 4.78 is 32.1. The van der Waals surface area contributed by atoms with E-state index >= 15 is 0 Å². The Morgan fingerprint density at radius 2 is 1.80 bits per heavy atom. The SMILES string of the molecule is CCCS(=O)(=O)N1CCC(c2nc(-c3cncc([C@@](O)(c4ccc(C(C)C)cc4)C4(C)CN(C)C4)c3)no2)CC1. The summed E-state index contributed by atoms with van der Waals surface area (Å²) in [5.41, 5.74) is 1.76. The molecule has 1 aromatic carbocycles. The first-order valence-electron chi connectivity index (χ1n) is 14.3. The standard InChI is InChI=1S/C30H41N5O4S/c1-6-15-40(37,38)35-13-11-23(12-14-35)28-32-27(33-39-28)24-16-26(18-31-17-24)30(36,29(4)19-34(5)20-29)25-9-7-22(8-10-25)21(2)3/h7-10,16-18,21,23,36H,6,11-15,19-20H2,1-5H3/t30-/m0/s1. The number of likely N-dealkylation sites (tertiary alicyclic amines) is 1. The van der Waals surface area contributed by atoms with Crippen LogP contribution in [0.4, 0.5) is 0 Å². The third-order valence-electron chi connectivity index (χ3n) is 8.62. The Morgan fingerprint density at radius 1 is 1.12 bits per heavy atom. The molecule has 0 aliphatic carbocycles. The molecule has 2 aliphatic rings. The van der Waals surface area contributed by atoms with Crippen molar-refractivity contribution in [3.05, 3.63) is 65.3 Å². The van der Waals surface area contributed by atoms with Gasteiger partial charge in [-0.1, -0.05) is 57.1 Å². The molecule has 40 heavy (non-hydrogen) atoms. The van der Waals surface area contributed by atoms with Gasteiger partial charge in [-0.3, -0.25) is 4.98 Å². The first-order chi connectivity index (χ1) is 19.0. The van der Waals surface area contributed by atoms with Gasteiger partial charge in [0.25, 0.3) is 0 Å². The van der Waals surface area contributed by atoms with Gasteiger partial charge in [-0.05, 0) is 49.4 Å². The third-order valence-corrected chi connectivity index (χ3v) is 10.7. The zero-order valence-electron chi connectivity index (χ0n) is 24.2. The number of hydrogen-bond donors (Lipinski definition) is 1. The Labute approximate surface area is 237 Å². The molecule has 3 aromatic rings. The van der Waals surface area contributed by atoms with Crippen molar-refractivity contribution in [1.82, 2.24) is 24.3 Å². The Bertz CT molecular complexity index is 1420. The molecule has 5 rings (SSSR count). The fourth-order valence-electron chi connectivity index (χ4n) is 6.39. The topological polar surface area (TPSA) is 113 Å². The Kier molecular flexibility index (Phi) is 7.91. The smallest absolute Gasteiger partial charge is 0.230 e. The van der Waals surface area contributed by atoms with E-state index in [4.69, 9.17) is 4.52 Å². The van der Waals surface area contributed by atoms with Crippen molar-refractivity contribution in [2.45, 2.75) is 64.4 Å². The Balaban J connectivity index is 1.41. The van der Waals surface area contributed by atoms with Crippen LogP contribution in [0.15, 0.2) is 47.2 Å². The summed E-state index contributed by atoms with van der Waals surface area (Å²) in [4.78, 5) is 11.4. The molecule has 2 fully saturated rings. The molecule has 0 saturated carbocycles. The van der Waals surface area contributed by atoms with Gasteiger partial charge in [0.15, 0.2) is 0 Å². The molecule has 0 bridgehead atoms. The predicted octanol–water partition coefficient (Wildman–Crippen LogP) is 4.36. The number of sulfonamides is 1. The minimum Gasteiger partial charge on any atom is -0.380 e. The lowest BCUT2D eigenvalue weighted by Gasteiger charge is -2.55. The minimum absolute atomic E-state index is 0.00583. The van der Waals surface area contributed by atoms with Gasteiger partial charge in [0.05, 0.1) is 5.75 Å². The lowest BCUT2D eigenvalue weighted by molar-refractivity contribution is -0.127. The van der Waals surface area contributed by atoms with Crippen LogP contribution in [-0.4, -0.2) is 76.8 Å².